The van der Waals surface area contributed by atoms with Crippen molar-refractivity contribution in [3.05, 3.63) is 0 Å². The third kappa shape index (κ3) is 2.05. The second-order valence-corrected chi connectivity index (χ2v) is 3.94. The highest BCUT2D eigenvalue weighted by Gasteiger charge is 2.32. The van der Waals surface area contributed by atoms with Gasteiger partial charge in [0.05, 0.1) is 0 Å². The van der Waals surface area contributed by atoms with Crippen LogP contribution in [-0.2, 0) is 4.79 Å². The van der Waals surface area contributed by atoms with Gasteiger partial charge < -0.3 is 4.79 Å². The molecule has 0 unspecified atom stereocenters. The highest BCUT2D eigenvalue weighted by molar-refractivity contribution is 5.76. The van der Waals surface area contributed by atoms with Gasteiger partial charge in [-0.3, -0.25) is 0 Å². The van der Waals surface area contributed by atoms with Gasteiger partial charge in [0.15, 0.2) is 0 Å². The molecule has 1 heteroatoms. The molecule has 1 aliphatic rings. The summed E-state index contributed by atoms with van der Waals surface area (Å²) in [5, 5.41) is 0. The zero-order chi connectivity index (χ0) is 8.32. The summed E-state index contributed by atoms with van der Waals surface area (Å²) >= 11 is 0. The third-order valence-electron chi connectivity index (χ3n) is 3.04. The van der Waals surface area contributed by atoms with Crippen LogP contribution in [0.3, 0.4) is 0 Å². The molecule has 0 aromatic carbocycles. The summed E-state index contributed by atoms with van der Waals surface area (Å²) in [4.78, 5) is 11.0. The van der Waals surface area contributed by atoms with Crippen molar-refractivity contribution >= 4 is 5.78 Å². The van der Waals surface area contributed by atoms with E-state index >= 15 is 0 Å². The van der Waals surface area contributed by atoms with Crippen molar-refractivity contribution in [1.82, 2.24) is 0 Å². The van der Waals surface area contributed by atoms with Crippen molar-refractivity contribution in [2.24, 2.45) is 5.41 Å². The molecule has 64 valence electrons. The maximum atomic E-state index is 11.0. The molecule has 0 radical (unpaired) electrons. The smallest absolute Gasteiger partial charge is 0.130 e. The molecule has 0 aliphatic heterocycles. The first-order chi connectivity index (χ1) is 5.18. The minimum Gasteiger partial charge on any atom is -0.300 e. The van der Waals surface area contributed by atoms with E-state index in [1.807, 2.05) is 0 Å². The van der Waals surface area contributed by atoms with Crippen molar-refractivity contribution in [1.29, 1.82) is 0 Å². The molecular formula is C10H18O. The van der Waals surface area contributed by atoms with Gasteiger partial charge in [-0.25, -0.2) is 0 Å². The molecule has 0 aromatic rings. The zero-order valence-corrected chi connectivity index (χ0v) is 7.65. The standard InChI is InChI=1S/C10H18O/c1-3-10(8-9(2)11)6-4-5-7-10/h3-8H2,1-2H3. The summed E-state index contributed by atoms with van der Waals surface area (Å²) in [6, 6.07) is 0. The molecule has 1 rings (SSSR count). The largest absolute Gasteiger partial charge is 0.300 e. The van der Waals surface area contributed by atoms with Crippen molar-refractivity contribution in [3.63, 3.8) is 0 Å². The van der Waals surface area contributed by atoms with Gasteiger partial charge in [-0.15, -0.1) is 0 Å². The fraction of sp³-hybridized carbons (Fsp3) is 0.900. The Morgan fingerprint density at radius 3 is 2.27 bits per heavy atom. The first-order valence-electron chi connectivity index (χ1n) is 4.68. The lowest BCUT2D eigenvalue weighted by molar-refractivity contribution is -0.119. The highest BCUT2D eigenvalue weighted by atomic mass is 16.1. The molecule has 0 heterocycles. The number of carbonyl (C=O) groups is 1. The number of carbonyl (C=O) groups excluding carboxylic acids is 1. The molecule has 1 fully saturated rings. The van der Waals surface area contributed by atoms with Crippen LogP contribution in [0.1, 0.15) is 52.4 Å². The lowest BCUT2D eigenvalue weighted by atomic mass is 9.79. The van der Waals surface area contributed by atoms with E-state index in [1.54, 1.807) is 6.92 Å². The summed E-state index contributed by atoms with van der Waals surface area (Å²) in [6.07, 6.45) is 7.24. The first kappa shape index (κ1) is 8.76. The SMILES string of the molecule is CCC1(CC(C)=O)CCCC1. The first-order valence-corrected chi connectivity index (χ1v) is 4.68. The summed E-state index contributed by atoms with van der Waals surface area (Å²) in [6.45, 7) is 3.93. The lowest BCUT2D eigenvalue weighted by Crippen LogP contribution is -2.18. The molecule has 0 amide bonds. The second kappa shape index (κ2) is 3.38. The molecule has 1 nitrogen and oxygen atoms in total. The predicted molar refractivity (Wildman–Crippen MR) is 46.5 cm³/mol. The molecule has 0 spiro atoms. The van der Waals surface area contributed by atoms with Crippen LogP contribution in [0.25, 0.3) is 0 Å². The van der Waals surface area contributed by atoms with Crippen LogP contribution in [0.4, 0.5) is 0 Å². The lowest BCUT2D eigenvalue weighted by Gasteiger charge is -2.25. The highest BCUT2D eigenvalue weighted by Crippen LogP contribution is 2.43. The average Bonchev–Trinajstić information content (AvgIpc) is 2.36. The van der Waals surface area contributed by atoms with Crippen LogP contribution in [0, 0.1) is 5.41 Å². The molecule has 0 N–H and O–H groups in total. The number of ketones is 1. The van der Waals surface area contributed by atoms with Gasteiger partial charge in [0, 0.05) is 6.42 Å². The Bertz CT molecular complexity index is 143. The minimum absolute atomic E-state index is 0.369. The number of rotatable bonds is 3. The quantitative estimate of drug-likeness (QED) is 0.611. The third-order valence-corrected chi connectivity index (χ3v) is 3.04. The monoisotopic (exact) mass is 154 g/mol. The van der Waals surface area contributed by atoms with Crippen LogP contribution >= 0.6 is 0 Å². The van der Waals surface area contributed by atoms with Gasteiger partial charge in [-0.2, -0.15) is 0 Å². The van der Waals surface area contributed by atoms with E-state index in [0.29, 0.717) is 11.2 Å². The number of hydrogen-bond donors (Lipinski definition) is 0. The fourth-order valence-electron chi connectivity index (χ4n) is 2.31. The van der Waals surface area contributed by atoms with Gasteiger partial charge in [0.2, 0.25) is 0 Å². The van der Waals surface area contributed by atoms with E-state index in [9.17, 15) is 4.79 Å². The summed E-state index contributed by atoms with van der Waals surface area (Å²) in [7, 11) is 0. The Morgan fingerprint density at radius 1 is 1.36 bits per heavy atom. The van der Waals surface area contributed by atoms with Gasteiger partial charge in [0.25, 0.3) is 0 Å². The van der Waals surface area contributed by atoms with E-state index in [4.69, 9.17) is 0 Å². The van der Waals surface area contributed by atoms with Crippen LogP contribution in [0.15, 0.2) is 0 Å². The molecule has 1 aliphatic carbocycles. The number of hydrogen-bond acceptors (Lipinski definition) is 1. The van der Waals surface area contributed by atoms with Crippen LogP contribution in [0.5, 0.6) is 0 Å². The van der Waals surface area contributed by atoms with Crippen LogP contribution < -0.4 is 0 Å². The van der Waals surface area contributed by atoms with Gasteiger partial charge in [-0.05, 0) is 25.2 Å². The van der Waals surface area contributed by atoms with Crippen molar-refractivity contribution in [2.75, 3.05) is 0 Å². The Balaban J connectivity index is 2.52. The summed E-state index contributed by atoms with van der Waals surface area (Å²) in [5.41, 5.74) is 0.409. The Kier molecular flexibility index (Phi) is 2.69. The maximum Gasteiger partial charge on any atom is 0.130 e. The minimum atomic E-state index is 0.369. The molecule has 0 saturated heterocycles. The topological polar surface area (TPSA) is 17.1 Å². The van der Waals surface area contributed by atoms with Gasteiger partial charge in [0.1, 0.15) is 5.78 Å². The molecule has 11 heavy (non-hydrogen) atoms. The van der Waals surface area contributed by atoms with Crippen LogP contribution in [0.2, 0.25) is 0 Å². The van der Waals surface area contributed by atoms with Crippen molar-refractivity contribution in [3.8, 4) is 0 Å². The summed E-state index contributed by atoms with van der Waals surface area (Å²) < 4.78 is 0. The van der Waals surface area contributed by atoms with E-state index < -0.39 is 0 Å². The maximum absolute atomic E-state index is 11.0. The summed E-state index contributed by atoms with van der Waals surface area (Å²) in [5.74, 6) is 0.369. The normalized spacial score (nSPS) is 22.0. The molecule has 0 atom stereocenters. The molecule has 0 aromatic heterocycles. The average molecular weight is 154 g/mol. The molecule has 1 saturated carbocycles. The van der Waals surface area contributed by atoms with Gasteiger partial charge >= 0.3 is 0 Å². The van der Waals surface area contributed by atoms with Gasteiger partial charge in [-0.1, -0.05) is 26.2 Å². The van der Waals surface area contributed by atoms with Crippen LogP contribution in [-0.4, -0.2) is 5.78 Å². The van der Waals surface area contributed by atoms with Crippen molar-refractivity contribution in [2.45, 2.75) is 52.4 Å². The molecular weight excluding hydrogens is 136 g/mol. The Morgan fingerprint density at radius 2 is 1.91 bits per heavy atom. The van der Waals surface area contributed by atoms with E-state index in [0.717, 1.165) is 6.42 Å². The van der Waals surface area contributed by atoms with E-state index in [1.165, 1.54) is 32.1 Å². The van der Waals surface area contributed by atoms with E-state index in [-0.39, 0.29) is 0 Å². The second-order valence-electron chi connectivity index (χ2n) is 3.94. The molecule has 0 bridgehead atoms. The Labute approximate surface area is 69.2 Å². The van der Waals surface area contributed by atoms with Crippen molar-refractivity contribution < 1.29 is 4.79 Å². The zero-order valence-electron chi connectivity index (χ0n) is 7.65. The van der Waals surface area contributed by atoms with E-state index in [2.05, 4.69) is 6.92 Å². The Hall–Kier alpha value is -0.330. The number of Topliss-reactive ketones (excluding diaryl/α,β-unsaturated/α-hetero) is 1. The predicted octanol–water partition coefficient (Wildman–Crippen LogP) is 2.94. The fourth-order valence-corrected chi connectivity index (χ4v) is 2.31.